The van der Waals surface area contributed by atoms with Gasteiger partial charge in [-0.3, -0.25) is 0 Å². The molecule has 1 aromatic rings. The van der Waals surface area contributed by atoms with Crippen molar-refractivity contribution in [3.63, 3.8) is 0 Å². The molecule has 17 heavy (non-hydrogen) atoms. The van der Waals surface area contributed by atoms with Crippen LogP contribution in [0.15, 0.2) is 23.1 Å². The van der Waals surface area contributed by atoms with Gasteiger partial charge in [0, 0.05) is 18.8 Å². The zero-order valence-corrected chi connectivity index (χ0v) is 11.4. The minimum absolute atomic E-state index is 0.349. The summed E-state index contributed by atoms with van der Waals surface area (Å²) in [7, 11) is -3.38. The van der Waals surface area contributed by atoms with E-state index in [4.69, 9.17) is 5.73 Å². The van der Waals surface area contributed by atoms with Crippen LogP contribution in [0.4, 0.5) is 5.69 Å². The molecule has 0 aliphatic carbocycles. The van der Waals surface area contributed by atoms with Crippen molar-refractivity contribution in [3.8, 4) is 0 Å². The molecule has 0 fully saturated rings. The third-order valence-corrected chi connectivity index (χ3v) is 4.78. The predicted molar refractivity (Wildman–Crippen MR) is 70.3 cm³/mol. The van der Waals surface area contributed by atoms with Gasteiger partial charge in [-0.15, -0.1) is 0 Å². The van der Waals surface area contributed by atoms with Crippen LogP contribution in [0.2, 0.25) is 0 Å². The second kappa shape index (κ2) is 5.51. The molecule has 0 saturated heterocycles. The second-order valence-electron chi connectivity index (χ2n) is 4.02. The molecule has 2 N–H and O–H groups in total. The standard InChI is InChI=1S/C12H20N2O2S/c1-4-8-14(5-2)17(15,16)12-7-6-11(13)9-10(12)3/h6-7,9H,4-5,8,13H2,1-3H3. The Morgan fingerprint density at radius 2 is 1.94 bits per heavy atom. The first-order valence-corrected chi connectivity index (χ1v) is 7.23. The van der Waals surface area contributed by atoms with E-state index >= 15 is 0 Å². The van der Waals surface area contributed by atoms with Crippen molar-refractivity contribution in [2.24, 2.45) is 0 Å². The Hall–Kier alpha value is -1.07. The number of hydrogen-bond donors (Lipinski definition) is 1. The third-order valence-electron chi connectivity index (χ3n) is 2.64. The van der Waals surface area contributed by atoms with Gasteiger partial charge < -0.3 is 5.73 Å². The molecule has 0 spiro atoms. The number of benzene rings is 1. The quantitative estimate of drug-likeness (QED) is 0.819. The summed E-state index contributed by atoms with van der Waals surface area (Å²) in [5.41, 5.74) is 6.91. The second-order valence-corrected chi connectivity index (χ2v) is 5.93. The van der Waals surface area contributed by atoms with Crippen molar-refractivity contribution in [2.45, 2.75) is 32.1 Å². The highest BCUT2D eigenvalue weighted by Crippen LogP contribution is 2.21. The zero-order valence-electron chi connectivity index (χ0n) is 10.6. The highest BCUT2D eigenvalue weighted by Gasteiger charge is 2.23. The number of aryl methyl sites for hydroxylation is 1. The molecule has 0 unspecified atom stereocenters. The number of nitrogens with zero attached hydrogens (tertiary/aromatic N) is 1. The Morgan fingerprint density at radius 1 is 1.29 bits per heavy atom. The van der Waals surface area contributed by atoms with Crippen LogP contribution in [0.1, 0.15) is 25.8 Å². The van der Waals surface area contributed by atoms with E-state index in [1.54, 1.807) is 25.1 Å². The summed E-state index contributed by atoms with van der Waals surface area (Å²) in [6.07, 6.45) is 0.807. The van der Waals surface area contributed by atoms with Crippen LogP contribution in [0.3, 0.4) is 0 Å². The maximum absolute atomic E-state index is 12.4. The van der Waals surface area contributed by atoms with Crippen molar-refractivity contribution in [1.29, 1.82) is 0 Å². The van der Waals surface area contributed by atoms with Gasteiger partial charge in [0.1, 0.15) is 0 Å². The van der Waals surface area contributed by atoms with Gasteiger partial charge in [0.15, 0.2) is 0 Å². The first-order chi connectivity index (χ1) is 7.93. The number of hydrogen-bond acceptors (Lipinski definition) is 3. The average molecular weight is 256 g/mol. The molecule has 0 radical (unpaired) electrons. The highest BCUT2D eigenvalue weighted by molar-refractivity contribution is 7.89. The molecule has 4 nitrogen and oxygen atoms in total. The highest BCUT2D eigenvalue weighted by atomic mass is 32.2. The van der Waals surface area contributed by atoms with E-state index < -0.39 is 10.0 Å². The van der Waals surface area contributed by atoms with Crippen LogP contribution in [-0.4, -0.2) is 25.8 Å². The Kier molecular flexibility index (Phi) is 4.54. The molecule has 0 bridgehead atoms. The fraction of sp³-hybridized carbons (Fsp3) is 0.500. The number of rotatable bonds is 5. The minimum Gasteiger partial charge on any atom is -0.399 e. The lowest BCUT2D eigenvalue weighted by molar-refractivity contribution is 0.427. The fourth-order valence-electron chi connectivity index (χ4n) is 1.80. The SMILES string of the molecule is CCCN(CC)S(=O)(=O)c1ccc(N)cc1C. The summed E-state index contributed by atoms with van der Waals surface area (Å²) in [6.45, 7) is 6.61. The van der Waals surface area contributed by atoms with E-state index in [2.05, 4.69) is 0 Å². The number of anilines is 1. The number of sulfonamides is 1. The zero-order chi connectivity index (χ0) is 13.1. The lowest BCUT2D eigenvalue weighted by Crippen LogP contribution is -2.32. The minimum atomic E-state index is -3.38. The summed E-state index contributed by atoms with van der Waals surface area (Å²) in [4.78, 5) is 0.349. The Bertz CT molecular complexity index is 483. The van der Waals surface area contributed by atoms with Crippen molar-refractivity contribution in [2.75, 3.05) is 18.8 Å². The topological polar surface area (TPSA) is 63.4 Å². The normalized spacial score (nSPS) is 12.0. The molecular weight excluding hydrogens is 236 g/mol. The lowest BCUT2D eigenvalue weighted by atomic mass is 10.2. The molecule has 96 valence electrons. The van der Waals surface area contributed by atoms with Gasteiger partial charge in [0.2, 0.25) is 10.0 Å². The van der Waals surface area contributed by atoms with E-state index in [1.165, 1.54) is 4.31 Å². The molecule has 5 heteroatoms. The third kappa shape index (κ3) is 2.98. The van der Waals surface area contributed by atoms with Crippen molar-refractivity contribution in [1.82, 2.24) is 4.31 Å². The van der Waals surface area contributed by atoms with E-state index in [0.29, 0.717) is 29.2 Å². The van der Waals surface area contributed by atoms with Crippen molar-refractivity contribution in [3.05, 3.63) is 23.8 Å². The van der Waals surface area contributed by atoms with Crippen LogP contribution in [0, 0.1) is 6.92 Å². The van der Waals surface area contributed by atoms with Gasteiger partial charge in [-0.1, -0.05) is 13.8 Å². The largest absolute Gasteiger partial charge is 0.399 e. The first-order valence-electron chi connectivity index (χ1n) is 5.79. The van der Waals surface area contributed by atoms with Crippen LogP contribution in [0.5, 0.6) is 0 Å². The average Bonchev–Trinajstić information content (AvgIpc) is 2.24. The Morgan fingerprint density at radius 3 is 2.41 bits per heavy atom. The van der Waals surface area contributed by atoms with Gasteiger partial charge in [-0.25, -0.2) is 8.42 Å². The maximum atomic E-state index is 12.4. The molecule has 1 rings (SSSR count). The van der Waals surface area contributed by atoms with Crippen LogP contribution >= 0.6 is 0 Å². The first kappa shape index (κ1) is 14.0. The molecule has 0 aliphatic rings. The monoisotopic (exact) mass is 256 g/mol. The van der Waals surface area contributed by atoms with Gasteiger partial charge in [-0.2, -0.15) is 4.31 Å². The predicted octanol–water partition coefficient (Wildman–Crippen LogP) is 2.00. The molecule has 0 aliphatic heterocycles. The van der Waals surface area contributed by atoms with Crippen molar-refractivity contribution >= 4 is 15.7 Å². The summed E-state index contributed by atoms with van der Waals surface area (Å²) in [5.74, 6) is 0. The molecule has 1 aromatic carbocycles. The van der Waals surface area contributed by atoms with Gasteiger partial charge in [0.05, 0.1) is 4.90 Å². The molecule has 0 saturated carbocycles. The summed E-state index contributed by atoms with van der Waals surface area (Å²) < 4.78 is 26.2. The van der Waals surface area contributed by atoms with E-state index in [9.17, 15) is 8.42 Å². The number of nitrogen functional groups attached to an aromatic ring is 1. The number of nitrogens with two attached hydrogens (primary N) is 1. The van der Waals surface area contributed by atoms with E-state index in [-0.39, 0.29) is 0 Å². The molecular formula is C12H20N2O2S. The Labute approximate surface area is 103 Å². The smallest absolute Gasteiger partial charge is 0.243 e. The summed E-state index contributed by atoms with van der Waals surface area (Å²) in [5, 5.41) is 0. The van der Waals surface area contributed by atoms with Crippen LogP contribution < -0.4 is 5.73 Å². The summed E-state index contributed by atoms with van der Waals surface area (Å²) >= 11 is 0. The molecule has 0 atom stereocenters. The van der Waals surface area contributed by atoms with Crippen LogP contribution in [0.25, 0.3) is 0 Å². The lowest BCUT2D eigenvalue weighted by Gasteiger charge is -2.21. The molecule has 0 heterocycles. The molecule has 0 amide bonds. The van der Waals surface area contributed by atoms with Crippen LogP contribution in [-0.2, 0) is 10.0 Å². The molecule has 0 aromatic heterocycles. The summed E-state index contributed by atoms with van der Waals surface area (Å²) in [6, 6.07) is 4.89. The van der Waals surface area contributed by atoms with E-state index in [1.807, 2.05) is 13.8 Å². The van der Waals surface area contributed by atoms with Gasteiger partial charge in [-0.05, 0) is 37.1 Å². The fourth-order valence-corrected chi connectivity index (χ4v) is 3.55. The Balaban J connectivity index is 3.20. The van der Waals surface area contributed by atoms with E-state index in [0.717, 1.165) is 6.42 Å². The maximum Gasteiger partial charge on any atom is 0.243 e. The van der Waals surface area contributed by atoms with Crippen molar-refractivity contribution < 1.29 is 8.42 Å². The van der Waals surface area contributed by atoms with Gasteiger partial charge >= 0.3 is 0 Å². The van der Waals surface area contributed by atoms with Gasteiger partial charge in [0.25, 0.3) is 0 Å².